The number of carbonyl (C=O) groups is 1. The van der Waals surface area contributed by atoms with E-state index in [9.17, 15) is 4.79 Å². The lowest BCUT2D eigenvalue weighted by molar-refractivity contribution is -0.122. The number of H-pyrrole nitrogens is 1. The van der Waals surface area contributed by atoms with E-state index in [1.807, 2.05) is 6.20 Å². The van der Waals surface area contributed by atoms with Crippen molar-refractivity contribution in [3.05, 3.63) is 36.0 Å². The van der Waals surface area contributed by atoms with Crippen LogP contribution in [0.5, 0.6) is 0 Å². The summed E-state index contributed by atoms with van der Waals surface area (Å²) < 4.78 is 0. The molecule has 1 fully saturated rings. The largest absolute Gasteiger partial charge is 0.369 e. The first kappa shape index (κ1) is 13.2. The Balaban J connectivity index is 1.53. The fourth-order valence-electron chi connectivity index (χ4n) is 3.06. The van der Waals surface area contributed by atoms with Gasteiger partial charge in [-0.05, 0) is 54.8 Å². The monoisotopic (exact) mass is 271 g/mol. The van der Waals surface area contributed by atoms with E-state index in [1.54, 1.807) is 0 Å². The Labute approximate surface area is 118 Å². The molecule has 0 radical (unpaired) electrons. The van der Waals surface area contributed by atoms with E-state index in [0.29, 0.717) is 6.04 Å². The summed E-state index contributed by atoms with van der Waals surface area (Å²) >= 11 is 0. The SMILES string of the molecule is NC(=O)C1CCC(NCc2ccc3[nH]ccc3c2)CC1. The molecule has 0 spiro atoms. The third-order valence-electron chi connectivity index (χ3n) is 4.34. The second kappa shape index (κ2) is 5.67. The Morgan fingerprint density at radius 1 is 1.25 bits per heavy atom. The molecule has 1 aromatic carbocycles. The average molecular weight is 271 g/mol. The number of aromatic amines is 1. The molecule has 1 heterocycles. The van der Waals surface area contributed by atoms with Gasteiger partial charge < -0.3 is 16.0 Å². The summed E-state index contributed by atoms with van der Waals surface area (Å²) in [5, 5.41) is 4.84. The molecular formula is C16H21N3O. The Hall–Kier alpha value is -1.81. The van der Waals surface area contributed by atoms with Gasteiger partial charge >= 0.3 is 0 Å². The summed E-state index contributed by atoms with van der Waals surface area (Å²) in [6, 6.07) is 9.09. The molecule has 1 aliphatic carbocycles. The highest BCUT2D eigenvalue weighted by Crippen LogP contribution is 2.24. The van der Waals surface area contributed by atoms with Gasteiger partial charge in [0, 0.05) is 30.2 Å². The Bertz CT molecular complexity index is 597. The molecule has 20 heavy (non-hydrogen) atoms. The maximum atomic E-state index is 11.1. The number of nitrogens with one attached hydrogen (secondary N) is 2. The van der Waals surface area contributed by atoms with Crippen LogP contribution >= 0.6 is 0 Å². The van der Waals surface area contributed by atoms with Crippen LogP contribution in [0.3, 0.4) is 0 Å². The highest BCUT2D eigenvalue weighted by molar-refractivity contribution is 5.79. The predicted octanol–water partition coefficient (Wildman–Crippen LogP) is 2.30. The molecule has 1 amide bonds. The minimum atomic E-state index is -0.138. The van der Waals surface area contributed by atoms with Gasteiger partial charge in [-0.15, -0.1) is 0 Å². The molecule has 2 aromatic rings. The number of nitrogens with two attached hydrogens (primary N) is 1. The van der Waals surface area contributed by atoms with Gasteiger partial charge in [-0.2, -0.15) is 0 Å². The number of carbonyl (C=O) groups excluding carboxylic acids is 1. The smallest absolute Gasteiger partial charge is 0.220 e. The standard InChI is InChI=1S/C16H21N3O/c17-16(20)12-2-4-14(5-3-12)19-10-11-1-6-15-13(9-11)7-8-18-15/h1,6-9,12,14,18-19H,2-5,10H2,(H2,17,20). The molecule has 1 saturated carbocycles. The zero-order valence-electron chi connectivity index (χ0n) is 11.6. The molecule has 0 bridgehead atoms. The zero-order chi connectivity index (χ0) is 13.9. The lowest BCUT2D eigenvalue weighted by Gasteiger charge is -2.27. The van der Waals surface area contributed by atoms with E-state index in [2.05, 4.69) is 34.6 Å². The van der Waals surface area contributed by atoms with Crippen LogP contribution in [0.2, 0.25) is 0 Å². The van der Waals surface area contributed by atoms with E-state index < -0.39 is 0 Å². The van der Waals surface area contributed by atoms with Gasteiger partial charge in [0.05, 0.1) is 0 Å². The fourth-order valence-corrected chi connectivity index (χ4v) is 3.06. The minimum Gasteiger partial charge on any atom is -0.369 e. The van der Waals surface area contributed by atoms with E-state index in [0.717, 1.165) is 32.2 Å². The van der Waals surface area contributed by atoms with Crippen LogP contribution in [0.4, 0.5) is 0 Å². The molecule has 4 N–H and O–H groups in total. The second-order valence-electron chi connectivity index (χ2n) is 5.73. The number of amides is 1. The molecule has 3 rings (SSSR count). The third kappa shape index (κ3) is 2.85. The predicted molar refractivity (Wildman–Crippen MR) is 80.1 cm³/mol. The molecular weight excluding hydrogens is 250 g/mol. The molecule has 1 aliphatic rings. The fraction of sp³-hybridized carbons (Fsp3) is 0.438. The maximum absolute atomic E-state index is 11.1. The summed E-state index contributed by atoms with van der Waals surface area (Å²) in [6.45, 7) is 0.882. The van der Waals surface area contributed by atoms with Crippen LogP contribution < -0.4 is 11.1 Å². The van der Waals surface area contributed by atoms with Crippen LogP contribution in [0.25, 0.3) is 10.9 Å². The first-order chi connectivity index (χ1) is 9.72. The van der Waals surface area contributed by atoms with Gasteiger partial charge in [-0.25, -0.2) is 0 Å². The highest BCUT2D eigenvalue weighted by atomic mass is 16.1. The summed E-state index contributed by atoms with van der Waals surface area (Å²) in [5.41, 5.74) is 7.83. The normalized spacial score (nSPS) is 23.0. The molecule has 4 heteroatoms. The van der Waals surface area contributed by atoms with E-state index in [-0.39, 0.29) is 11.8 Å². The van der Waals surface area contributed by atoms with Gasteiger partial charge in [-0.1, -0.05) is 6.07 Å². The average Bonchev–Trinajstić information content (AvgIpc) is 2.93. The number of fused-ring (bicyclic) bond motifs is 1. The van der Waals surface area contributed by atoms with Crippen molar-refractivity contribution < 1.29 is 4.79 Å². The Morgan fingerprint density at radius 3 is 2.80 bits per heavy atom. The van der Waals surface area contributed by atoms with Gasteiger partial charge in [0.1, 0.15) is 0 Å². The van der Waals surface area contributed by atoms with Crippen LogP contribution in [0.1, 0.15) is 31.2 Å². The van der Waals surface area contributed by atoms with Crippen molar-refractivity contribution in [2.45, 2.75) is 38.3 Å². The molecule has 4 nitrogen and oxygen atoms in total. The third-order valence-corrected chi connectivity index (χ3v) is 4.34. The summed E-state index contributed by atoms with van der Waals surface area (Å²) in [7, 11) is 0. The zero-order valence-corrected chi connectivity index (χ0v) is 11.6. The Morgan fingerprint density at radius 2 is 2.05 bits per heavy atom. The molecule has 0 aliphatic heterocycles. The van der Waals surface area contributed by atoms with Crippen molar-refractivity contribution in [1.29, 1.82) is 0 Å². The highest BCUT2D eigenvalue weighted by Gasteiger charge is 2.24. The van der Waals surface area contributed by atoms with Crippen molar-refractivity contribution in [3.63, 3.8) is 0 Å². The van der Waals surface area contributed by atoms with Crippen molar-refractivity contribution in [2.75, 3.05) is 0 Å². The van der Waals surface area contributed by atoms with Gasteiger partial charge in [0.2, 0.25) is 5.91 Å². The molecule has 0 unspecified atom stereocenters. The quantitative estimate of drug-likeness (QED) is 0.798. The van der Waals surface area contributed by atoms with Crippen LogP contribution in [0.15, 0.2) is 30.5 Å². The van der Waals surface area contributed by atoms with Crippen molar-refractivity contribution in [3.8, 4) is 0 Å². The maximum Gasteiger partial charge on any atom is 0.220 e. The van der Waals surface area contributed by atoms with E-state index in [1.165, 1.54) is 16.5 Å². The lowest BCUT2D eigenvalue weighted by atomic mass is 9.85. The molecule has 1 aromatic heterocycles. The summed E-state index contributed by atoms with van der Waals surface area (Å²) in [4.78, 5) is 14.3. The van der Waals surface area contributed by atoms with Gasteiger partial charge in [-0.3, -0.25) is 4.79 Å². The first-order valence-electron chi connectivity index (χ1n) is 7.31. The number of primary amides is 1. The topological polar surface area (TPSA) is 70.9 Å². The van der Waals surface area contributed by atoms with Crippen molar-refractivity contribution >= 4 is 16.8 Å². The summed E-state index contributed by atoms with van der Waals surface area (Å²) in [5.74, 6) is -0.0504. The van der Waals surface area contributed by atoms with E-state index in [4.69, 9.17) is 5.73 Å². The molecule has 0 atom stereocenters. The van der Waals surface area contributed by atoms with Gasteiger partial charge in [0.15, 0.2) is 0 Å². The Kier molecular flexibility index (Phi) is 3.74. The molecule has 0 saturated heterocycles. The van der Waals surface area contributed by atoms with Crippen LogP contribution in [-0.2, 0) is 11.3 Å². The second-order valence-corrected chi connectivity index (χ2v) is 5.73. The van der Waals surface area contributed by atoms with E-state index >= 15 is 0 Å². The van der Waals surface area contributed by atoms with Crippen LogP contribution in [0, 0.1) is 5.92 Å². The number of benzene rings is 1. The first-order valence-corrected chi connectivity index (χ1v) is 7.31. The number of hydrogen-bond donors (Lipinski definition) is 3. The summed E-state index contributed by atoms with van der Waals surface area (Å²) in [6.07, 6.45) is 5.89. The lowest BCUT2D eigenvalue weighted by Crippen LogP contribution is -2.36. The van der Waals surface area contributed by atoms with Gasteiger partial charge in [0.25, 0.3) is 0 Å². The van der Waals surface area contributed by atoms with Crippen molar-refractivity contribution in [2.24, 2.45) is 11.7 Å². The van der Waals surface area contributed by atoms with Crippen molar-refractivity contribution in [1.82, 2.24) is 10.3 Å². The number of hydrogen-bond acceptors (Lipinski definition) is 2. The number of rotatable bonds is 4. The number of aromatic nitrogens is 1. The van der Waals surface area contributed by atoms with Crippen LogP contribution in [-0.4, -0.2) is 16.9 Å². The molecule has 106 valence electrons. The minimum absolute atomic E-state index is 0.0873.